The SMILES string of the molecule is C/C=C(\C)CC.C=CNC.CCNC. The third-order valence-corrected chi connectivity index (χ3v) is 1.61. The second-order valence-corrected chi connectivity index (χ2v) is 2.69. The first-order valence-corrected chi connectivity index (χ1v) is 5.18. The minimum atomic E-state index is 1.07. The topological polar surface area (TPSA) is 24.1 Å². The highest BCUT2D eigenvalue weighted by Gasteiger charge is 1.73. The maximum absolute atomic E-state index is 3.37. The zero-order valence-electron chi connectivity index (χ0n) is 10.8. The summed E-state index contributed by atoms with van der Waals surface area (Å²) in [4.78, 5) is 0. The van der Waals surface area contributed by atoms with Crippen molar-refractivity contribution in [3.8, 4) is 0 Å². The van der Waals surface area contributed by atoms with Gasteiger partial charge in [-0.3, -0.25) is 0 Å². The fourth-order valence-electron chi connectivity index (χ4n) is 0.204. The molecule has 0 radical (unpaired) electrons. The molecule has 2 nitrogen and oxygen atoms in total. The molecule has 0 atom stereocenters. The lowest BCUT2D eigenvalue weighted by atomic mass is 10.2. The van der Waals surface area contributed by atoms with E-state index >= 15 is 0 Å². The van der Waals surface area contributed by atoms with E-state index in [1.807, 2.05) is 14.1 Å². The Morgan fingerprint density at radius 2 is 1.64 bits per heavy atom. The number of rotatable bonds is 3. The predicted octanol–water partition coefficient (Wildman–Crippen LogP) is 2.94. The predicted molar refractivity (Wildman–Crippen MR) is 68.6 cm³/mol. The Bertz CT molecular complexity index is 115. The molecule has 0 aliphatic heterocycles. The van der Waals surface area contributed by atoms with Crippen molar-refractivity contribution in [3.05, 3.63) is 24.4 Å². The van der Waals surface area contributed by atoms with Crippen molar-refractivity contribution >= 4 is 0 Å². The molecule has 0 saturated carbocycles. The van der Waals surface area contributed by atoms with Gasteiger partial charge in [0.15, 0.2) is 0 Å². The van der Waals surface area contributed by atoms with Gasteiger partial charge in [-0.05, 0) is 40.1 Å². The van der Waals surface area contributed by atoms with Gasteiger partial charge >= 0.3 is 0 Å². The van der Waals surface area contributed by atoms with Crippen LogP contribution in [0, 0.1) is 0 Å². The van der Waals surface area contributed by atoms with E-state index in [1.54, 1.807) is 6.20 Å². The lowest BCUT2D eigenvalue weighted by Gasteiger charge is -1.85. The van der Waals surface area contributed by atoms with Crippen LogP contribution >= 0.6 is 0 Å². The molecule has 0 aromatic heterocycles. The summed E-state index contributed by atoms with van der Waals surface area (Å²) in [6.07, 6.45) is 4.95. The Morgan fingerprint density at radius 3 is 1.64 bits per heavy atom. The van der Waals surface area contributed by atoms with E-state index in [1.165, 1.54) is 12.0 Å². The highest BCUT2D eigenvalue weighted by Crippen LogP contribution is 1.94. The number of hydrogen-bond acceptors (Lipinski definition) is 2. The van der Waals surface area contributed by atoms with E-state index in [0.29, 0.717) is 0 Å². The minimum absolute atomic E-state index is 1.07. The molecule has 0 fully saturated rings. The van der Waals surface area contributed by atoms with Crippen LogP contribution in [0.25, 0.3) is 0 Å². The van der Waals surface area contributed by atoms with Crippen LogP contribution in [0.2, 0.25) is 0 Å². The summed E-state index contributed by atoms with van der Waals surface area (Å²) in [6.45, 7) is 12.9. The molecule has 0 amide bonds. The van der Waals surface area contributed by atoms with Gasteiger partial charge in [0.05, 0.1) is 0 Å². The summed E-state index contributed by atoms with van der Waals surface area (Å²) < 4.78 is 0. The monoisotopic (exact) mass is 200 g/mol. The molecular weight excluding hydrogens is 172 g/mol. The van der Waals surface area contributed by atoms with Crippen molar-refractivity contribution in [2.24, 2.45) is 0 Å². The lowest BCUT2D eigenvalue weighted by molar-refractivity contribution is 0.864. The molecule has 0 aliphatic carbocycles. The van der Waals surface area contributed by atoms with Gasteiger partial charge in [0.1, 0.15) is 0 Å². The molecule has 0 spiro atoms. The molecule has 14 heavy (non-hydrogen) atoms. The maximum Gasteiger partial charge on any atom is 0.00275 e. The van der Waals surface area contributed by atoms with Crippen molar-refractivity contribution < 1.29 is 0 Å². The van der Waals surface area contributed by atoms with Crippen molar-refractivity contribution in [2.75, 3.05) is 20.6 Å². The molecule has 0 saturated heterocycles. The molecule has 0 heterocycles. The van der Waals surface area contributed by atoms with E-state index in [4.69, 9.17) is 0 Å². The Kier molecular flexibility index (Phi) is 30.8. The van der Waals surface area contributed by atoms with E-state index in [-0.39, 0.29) is 0 Å². The molecular formula is C12H28N2. The summed E-state index contributed by atoms with van der Waals surface area (Å²) >= 11 is 0. The number of nitrogens with one attached hydrogen (secondary N) is 2. The second-order valence-electron chi connectivity index (χ2n) is 2.69. The highest BCUT2D eigenvalue weighted by molar-refractivity contribution is 4.93. The number of allylic oxidation sites excluding steroid dienone is 2. The zero-order valence-corrected chi connectivity index (χ0v) is 10.8. The zero-order chi connectivity index (χ0) is 11.8. The average Bonchev–Trinajstić information content (AvgIpc) is 2.28. The van der Waals surface area contributed by atoms with Crippen LogP contribution in [0.1, 0.15) is 34.1 Å². The third kappa shape index (κ3) is 42.9. The molecule has 2 heteroatoms. The van der Waals surface area contributed by atoms with Gasteiger partial charge < -0.3 is 10.6 Å². The summed E-state index contributed by atoms with van der Waals surface area (Å²) in [5.41, 5.74) is 1.47. The van der Waals surface area contributed by atoms with Crippen LogP contribution < -0.4 is 10.6 Å². The van der Waals surface area contributed by atoms with Crippen LogP contribution in [-0.2, 0) is 0 Å². The Labute approximate surface area is 90.5 Å². The van der Waals surface area contributed by atoms with Gasteiger partial charge in [-0.25, -0.2) is 0 Å². The van der Waals surface area contributed by atoms with E-state index in [0.717, 1.165) is 6.54 Å². The molecule has 0 aromatic rings. The highest BCUT2D eigenvalue weighted by atomic mass is 14.8. The van der Waals surface area contributed by atoms with Crippen LogP contribution in [-0.4, -0.2) is 20.6 Å². The molecule has 0 unspecified atom stereocenters. The first kappa shape index (κ1) is 18.9. The standard InChI is InChI=1S/C6H12.C3H9N.C3H7N/c1-4-6(3)5-2;2*1-3-4-2/h4H,5H2,1-3H3;4H,3H2,1-2H3;3-4H,1H2,2H3/b6-4+;;. The van der Waals surface area contributed by atoms with Crippen molar-refractivity contribution in [3.63, 3.8) is 0 Å². The van der Waals surface area contributed by atoms with E-state index < -0.39 is 0 Å². The smallest absolute Gasteiger partial charge is 0.00275 e. The molecule has 0 aliphatic rings. The van der Waals surface area contributed by atoms with Gasteiger partial charge in [0.2, 0.25) is 0 Å². The Balaban J connectivity index is -0.000000135. The normalized spacial score (nSPS) is 8.86. The third-order valence-electron chi connectivity index (χ3n) is 1.61. The summed E-state index contributed by atoms with van der Waals surface area (Å²) in [7, 11) is 3.74. The quantitative estimate of drug-likeness (QED) is 0.685. The molecule has 0 bridgehead atoms. The fraction of sp³-hybridized carbons (Fsp3) is 0.667. The first-order valence-electron chi connectivity index (χ1n) is 5.18. The van der Waals surface area contributed by atoms with Gasteiger partial charge in [-0.15, -0.1) is 0 Å². The van der Waals surface area contributed by atoms with Crippen molar-refractivity contribution in [1.82, 2.24) is 10.6 Å². The van der Waals surface area contributed by atoms with Crippen LogP contribution in [0.15, 0.2) is 24.4 Å². The van der Waals surface area contributed by atoms with E-state index in [2.05, 4.69) is 51.0 Å². The van der Waals surface area contributed by atoms with Gasteiger partial charge in [0.25, 0.3) is 0 Å². The van der Waals surface area contributed by atoms with Crippen LogP contribution in [0.5, 0.6) is 0 Å². The fourth-order valence-corrected chi connectivity index (χ4v) is 0.204. The summed E-state index contributed by atoms with van der Waals surface area (Å²) in [5, 5.41) is 5.62. The second kappa shape index (κ2) is 22.8. The van der Waals surface area contributed by atoms with Crippen LogP contribution in [0.4, 0.5) is 0 Å². The molecule has 0 aromatic carbocycles. The van der Waals surface area contributed by atoms with Crippen molar-refractivity contribution in [1.29, 1.82) is 0 Å². The minimum Gasteiger partial charge on any atom is -0.394 e. The Morgan fingerprint density at radius 1 is 1.29 bits per heavy atom. The largest absolute Gasteiger partial charge is 0.394 e. The number of hydrogen-bond donors (Lipinski definition) is 2. The molecule has 0 rings (SSSR count). The summed E-state index contributed by atoms with van der Waals surface area (Å²) in [5.74, 6) is 0. The van der Waals surface area contributed by atoms with Crippen molar-refractivity contribution in [2.45, 2.75) is 34.1 Å². The van der Waals surface area contributed by atoms with Crippen LogP contribution in [0.3, 0.4) is 0 Å². The van der Waals surface area contributed by atoms with E-state index in [9.17, 15) is 0 Å². The van der Waals surface area contributed by atoms with Gasteiger partial charge in [-0.2, -0.15) is 0 Å². The molecule has 2 N–H and O–H groups in total. The average molecular weight is 200 g/mol. The maximum atomic E-state index is 3.37. The first-order chi connectivity index (χ1) is 6.64. The van der Waals surface area contributed by atoms with Gasteiger partial charge in [0, 0.05) is 7.05 Å². The van der Waals surface area contributed by atoms with Gasteiger partial charge in [-0.1, -0.05) is 32.1 Å². The summed E-state index contributed by atoms with van der Waals surface area (Å²) in [6, 6.07) is 0. The lowest BCUT2D eigenvalue weighted by Crippen LogP contribution is -2.01. The molecule has 86 valence electrons. The Hall–Kier alpha value is -0.760.